The number of thiocarbonyl (C=S) groups is 1. The Labute approximate surface area is 193 Å². The monoisotopic (exact) mass is 444 g/mol. The Hall–Kier alpha value is -3.64. The highest BCUT2D eigenvalue weighted by atomic mass is 32.1. The van der Waals surface area contributed by atoms with Crippen molar-refractivity contribution in [1.29, 1.82) is 0 Å². The molecule has 1 heterocycles. The van der Waals surface area contributed by atoms with E-state index in [9.17, 15) is 4.79 Å². The number of hydrogen-bond donors (Lipinski definition) is 2. The summed E-state index contributed by atoms with van der Waals surface area (Å²) in [7, 11) is 1.60. The molecule has 0 fully saturated rings. The maximum atomic E-state index is 13.5. The van der Waals surface area contributed by atoms with Gasteiger partial charge in [0.2, 0.25) is 0 Å². The molecular formula is C26H24N2O3S. The molecule has 5 nitrogen and oxygen atoms in total. The molecule has 162 valence electrons. The molecule has 3 aromatic carbocycles. The predicted molar refractivity (Wildman–Crippen MR) is 129 cm³/mol. The van der Waals surface area contributed by atoms with E-state index in [1.54, 1.807) is 7.11 Å². The van der Waals surface area contributed by atoms with Gasteiger partial charge in [-0.25, -0.2) is 0 Å². The molecule has 0 aromatic heterocycles. The van der Waals surface area contributed by atoms with Gasteiger partial charge in [0.25, 0.3) is 0 Å². The van der Waals surface area contributed by atoms with Crippen molar-refractivity contribution in [3.05, 3.63) is 107 Å². The summed E-state index contributed by atoms with van der Waals surface area (Å²) in [4.78, 5) is 13.5. The largest absolute Gasteiger partial charge is 0.493 e. The van der Waals surface area contributed by atoms with Gasteiger partial charge in [-0.3, -0.25) is 4.79 Å². The van der Waals surface area contributed by atoms with Crippen LogP contribution in [0.5, 0.6) is 11.5 Å². The summed E-state index contributed by atoms with van der Waals surface area (Å²) in [5.41, 5.74) is 3.72. The van der Waals surface area contributed by atoms with Crippen molar-refractivity contribution in [2.24, 2.45) is 0 Å². The lowest BCUT2D eigenvalue weighted by molar-refractivity contribution is 0.102. The second-order valence-electron chi connectivity index (χ2n) is 7.42. The van der Waals surface area contributed by atoms with E-state index in [-0.39, 0.29) is 5.78 Å². The van der Waals surface area contributed by atoms with Gasteiger partial charge in [-0.2, -0.15) is 0 Å². The van der Waals surface area contributed by atoms with E-state index in [2.05, 4.69) is 10.6 Å². The number of Topliss-reactive ketones (excluding diaryl/α,β-unsaturated/α-hetero) is 1. The average molecular weight is 445 g/mol. The van der Waals surface area contributed by atoms with Gasteiger partial charge in [0.15, 0.2) is 22.4 Å². The van der Waals surface area contributed by atoms with Gasteiger partial charge in [-0.1, -0.05) is 72.8 Å². The van der Waals surface area contributed by atoms with Crippen molar-refractivity contribution in [3.8, 4) is 11.5 Å². The third-order valence-electron chi connectivity index (χ3n) is 5.32. The van der Waals surface area contributed by atoms with Gasteiger partial charge in [0.1, 0.15) is 6.61 Å². The number of carbonyl (C=O) groups excluding carboxylic acids is 1. The van der Waals surface area contributed by atoms with Crippen LogP contribution >= 0.6 is 12.2 Å². The highest BCUT2D eigenvalue weighted by Crippen LogP contribution is 2.40. The van der Waals surface area contributed by atoms with Crippen LogP contribution in [0.3, 0.4) is 0 Å². The highest BCUT2D eigenvalue weighted by Gasteiger charge is 2.33. The summed E-state index contributed by atoms with van der Waals surface area (Å²) in [5.74, 6) is 1.09. The summed E-state index contributed by atoms with van der Waals surface area (Å²) in [6, 6.07) is 24.3. The van der Waals surface area contributed by atoms with Crippen LogP contribution in [0.4, 0.5) is 0 Å². The zero-order chi connectivity index (χ0) is 22.5. The smallest absolute Gasteiger partial charge is 0.193 e. The summed E-state index contributed by atoms with van der Waals surface area (Å²) in [5, 5.41) is 6.81. The van der Waals surface area contributed by atoms with Gasteiger partial charge in [-0.05, 0) is 30.8 Å². The summed E-state index contributed by atoms with van der Waals surface area (Å²) < 4.78 is 11.8. The minimum Gasteiger partial charge on any atom is -0.493 e. The third kappa shape index (κ3) is 4.50. The lowest BCUT2D eigenvalue weighted by atomic mass is 9.89. The molecule has 0 saturated carbocycles. The lowest BCUT2D eigenvalue weighted by Crippen LogP contribution is -2.45. The second-order valence-corrected chi connectivity index (χ2v) is 7.83. The van der Waals surface area contributed by atoms with Crippen LogP contribution in [0.1, 0.15) is 34.5 Å². The van der Waals surface area contributed by atoms with Crippen molar-refractivity contribution in [1.82, 2.24) is 10.6 Å². The molecule has 3 aromatic rings. The van der Waals surface area contributed by atoms with Gasteiger partial charge in [0.05, 0.1) is 13.2 Å². The normalized spacial score (nSPS) is 15.6. The minimum atomic E-state index is -0.489. The standard InChI is InChI=1S/C26H24N2O3S/c1-17-22(24(29)19-12-7-4-8-13-19)23(28-26(32)27-17)20-14-9-15-21(30-2)25(20)31-16-18-10-5-3-6-11-18/h3-15,23H,16H2,1-2H3,(H2,27,28,32). The molecule has 0 spiro atoms. The first-order valence-corrected chi connectivity index (χ1v) is 10.7. The van der Waals surface area contributed by atoms with Crippen molar-refractivity contribution < 1.29 is 14.3 Å². The number of hydrogen-bond acceptors (Lipinski definition) is 4. The fourth-order valence-electron chi connectivity index (χ4n) is 3.78. The lowest BCUT2D eigenvalue weighted by Gasteiger charge is -2.31. The van der Waals surface area contributed by atoms with Gasteiger partial charge in [-0.15, -0.1) is 0 Å². The summed E-state index contributed by atoms with van der Waals surface area (Å²) in [6.07, 6.45) is 0. The van der Waals surface area contributed by atoms with E-state index in [1.807, 2.05) is 85.8 Å². The highest BCUT2D eigenvalue weighted by molar-refractivity contribution is 7.80. The Bertz CT molecular complexity index is 1160. The van der Waals surface area contributed by atoms with Gasteiger partial charge < -0.3 is 20.1 Å². The number of nitrogens with one attached hydrogen (secondary N) is 2. The number of methoxy groups -OCH3 is 1. The molecule has 2 N–H and O–H groups in total. The van der Waals surface area contributed by atoms with E-state index < -0.39 is 6.04 Å². The van der Waals surface area contributed by atoms with Crippen LogP contribution in [-0.2, 0) is 6.61 Å². The first kappa shape index (κ1) is 21.6. The SMILES string of the molecule is COc1cccc(C2NC(=S)NC(C)=C2C(=O)c2ccccc2)c1OCc1ccccc1. The number of benzene rings is 3. The van der Waals surface area contributed by atoms with Crippen molar-refractivity contribution >= 4 is 23.1 Å². The topological polar surface area (TPSA) is 59.6 Å². The molecule has 4 rings (SSSR count). The summed E-state index contributed by atoms with van der Waals surface area (Å²) in [6.45, 7) is 2.23. The first-order chi connectivity index (χ1) is 15.6. The molecule has 1 aliphatic rings. The molecule has 0 aliphatic carbocycles. The Morgan fingerprint density at radius 1 is 0.969 bits per heavy atom. The number of para-hydroxylation sites is 1. The van der Waals surface area contributed by atoms with Crippen molar-refractivity contribution in [2.45, 2.75) is 19.6 Å². The molecule has 6 heteroatoms. The maximum absolute atomic E-state index is 13.5. The average Bonchev–Trinajstić information content (AvgIpc) is 2.83. The Kier molecular flexibility index (Phi) is 6.52. The molecular weight excluding hydrogens is 420 g/mol. The van der Waals surface area contributed by atoms with Crippen LogP contribution in [0, 0.1) is 0 Å². The predicted octanol–water partition coefficient (Wildman–Crippen LogP) is 4.95. The fraction of sp³-hybridized carbons (Fsp3) is 0.154. The molecule has 0 saturated heterocycles. The molecule has 1 unspecified atom stereocenters. The van der Waals surface area contributed by atoms with Crippen LogP contribution < -0.4 is 20.1 Å². The van der Waals surface area contributed by atoms with Gasteiger partial charge in [0, 0.05) is 22.4 Å². The number of ether oxygens (including phenoxy) is 2. The third-order valence-corrected chi connectivity index (χ3v) is 5.54. The van der Waals surface area contributed by atoms with Gasteiger partial charge >= 0.3 is 0 Å². The molecule has 0 bridgehead atoms. The fourth-order valence-corrected chi connectivity index (χ4v) is 4.05. The zero-order valence-corrected chi connectivity index (χ0v) is 18.7. The van der Waals surface area contributed by atoms with Crippen molar-refractivity contribution in [3.63, 3.8) is 0 Å². The number of rotatable bonds is 7. The van der Waals surface area contributed by atoms with Crippen LogP contribution in [-0.4, -0.2) is 18.0 Å². The Morgan fingerprint density at radius 3 is 2.34 bits per heavy atom. The van der Waals surface area contributed by atoms with E-state index >= 15 is 0 Å². The van der Waals surface area contributed by atoms with Crippen LogP contribution in [0.25, 0.3) is 0 Å². The zero-order valence-electron chi connectivity index (χ0n) is 17.9. The van der Waals surface area contributed by atoms with Crippen LogP contribution in [0.15, 0.2) is 90.1 Å². The molecule has 0 amide bonds. The van der Waals surface area contributed by atoms with Crippen LogP contribution in [0.2, 0.25) is 0 Å². The van der Waals surface area contributed by atoms with E-state index in [4.69, 9.17) is 21.7 Å². The number of allylic oxidation sites excluding steroid dienone is 1. The quantitative estimate of drug-likeness (QED) is 0.397. The minimum absolute atomic E-state index is 0.0765. The first-order valence-electron chi connectivity index (χ1n) is 10.3. The number of carbonyl (C=O) groups is 1. The molecule has 1 aliphatic heterocycles. The molecule has 1 atom stereocenters. The summed E-state index contributed by atoms with van der Waals surface area (Å²) >= 11 is 5.42. The Balaban J connectivity index is 1.77. The maximum Gasteiger partial charge on any atom is 0.193 e. The van der Waals surface area contributed by atoms with E-state index in [0.717, 1.165) is 11.1 Å². The molecule has 32 heavy (non-hydrogen) atoms. The van der Waals surface area contributed by atoms with E-state index in [0.29, 0.717) is 40.1 Å². The second kappa shape index (κ2) is 9.66. The van der Waals surface area contributed by atoms with E-state index in [1.165, 1.54) is 0 Å². The van der Waals surface area contributed by atoms with Crippen molar-refractivity contribution in [2.75, 3.05) is 7.11 Å². The molecule has 0 radical (unpaired) electrons. The Morgan fingerprint density at radius 2 is 1.66 bits per heavy atom. The number of ketones is 1.